The van der Waals surface area contributed by atoms with Crippen LogP contribution < -0.4 is 5.32 Å². The molecule has 1 aromatic carbocycles. The van der Waals surface area contributed by atoms with E-state index in [0.29, 0.717) is 10.8 Å². The molecule has 1 nitrogen and oxygen atoms in total. The van der Waals surface area contributed by atoms with E-state index in [9.17, 15) is 0 Å². The first-order valence-corrected chi connectivity index (χ1v) is 9.10. The van der Waals surface area contributed by atoms with E-state index >= 15 is 0 Å². The topological polar surface area (TPSA) is 12.0 Å². The maximum absolute atomic E-state index is 3.70. The fraction of sp³-hybridized carbons (Fsp3) is 0.684. The Balaban J connectivity index is 2.82. The lowest BCUT2D eigenvalue weighted by Gasteiger charge is -2.25. The van der Waals surface area contributed by atoms with Crippen LogP contribution in [0.25, 0.3) is 0 Å². The van der Waals surface area contributed by atoms with Gasteiger partial charge in [-0.25, -0.2) is 0 Å². The summed E-state index contributed by atoms with van der Waals surface area (Å²) in [5, 5.41) is 3.70. The molecule has 0 radical (unpaired) electrons. The minimum absolute atomic E-state index is 0.227. The van der Waals surface area contributed by atoms with Crippen LogP contribution in [0.3, 0.4) is 0 Å². The number of hydrogen-bond donors (Lipinski definition) is 1. The number of nitrogens with one attached hydrogen (secondary N) is 1. The maximum Gasteiger partial charge on any atom is 0.0412 e. The number of rotatable bonds is 6. The van der Waals surface area contributed by atoms with E-state index in [0.717, 1.165) is 12.3 Å². The Bertz CT molecular complexity index is 409. The highest BCUT2D eigenvalue weighted by atomic mass is 32.2. The van der Waals surface area contributed by atoms with Crippen molar-refractivity contribution in [3.63, 3.8) is 0 Å². The molecule has 0 spiro atoms. The Morgan fingerprint density at radius 3 is 2.00 bits per heavy atom. The molecule has 0 fully saturated rings. The molecular weight excluding hydrogens is 274 g/mol. The third-order valence-electron chi connectivity index (χ3n) is 3.50. The Hall–Kier alpha value is -0.470. The van der Waals surface area contributed by atoms with Crippen molar-refractivity contribution in [2.24, 2.45) is 0 Å². The van der Waals surface area contributed by atoms with Crippen molar-refractivity contribution in [1.29, 1.82) is 0 Å². The van der Waals surface area contributed by atoms with E-state index in [2.05, 4.69) is 78.0 Å². The summed E-state index contributed by atoms with van der Waals surface area (Å²) in [4.78, 5) is 0. The molecule has 1 rings (SSSR count). The van der Waals surface area contributed by atoms with Gasteiger partial charge < -0.3 is 5.32 Å². The van der Waals surface area contributed by atoms with Crippen LogP contribution in [0.15, 0.2) is 24.3 Å². The van der Waals surface area contributed by atoms with Crippen molar-refractivity contribution in [3.8, 4) is 0 Å². The third-order valence-corrected chi connectivity index (χ3v) is 4.87. The standard InChI is InChI=1S/C19H33NS/c1-8-13-20-17(14-21-19(5,6)7)15-9-11-16(12-10-15)18(2,3)4/h9-12,17,20H,8,13-14H2,1-7H3. The summed E-state index contributed by atoms with van der Waals surface area (Å²) in [5.41, 5.74) is 3.04. The molecule has 0 aliphatic heterocycles. The quantitative estimate of drug-likeness (QED) is 0.738. The maximum atomic E-state index is 3.70. The minimum atomic E-state index is 0.227. The molecule has 1 aromatic rings. The van der Waals surface area contributed by atoms with Crippen molar-refractivity contribution < 1.29 is 0 Å². The minimum Gasteiger partial charge on any atom is -0.309 e. The van der Waals surface area contributed by atoms with Crippen LogP contribution in [0.1, 0.15) is 72.1 Å². The molecule has 0 heterocycles. The molecule has 1 atom stereocenters. The molecule has 0 aromatic heterocycles. The fourth-order valence-corrected chi connectivity index (χ4v) is 3.12. The van der Waals surface area contributed by atoms with Gasteiger partial charge in [-0.05, 0) is 29.5 Å². The average molecular weight is 308 g/mol. The Labute approximate surface area is 136 Å². The Morgan fingerprint density at radius 2 is 1.57 bits per heavy atom. The number of thioether (sulfide) groups is 1. The van der Waals surface area contributed by atoms with Crippen LogP contribution in [0.5, 0.6) is 0 Å². The van der Waals surface area contributed by atoms with Crippen LogP contribution >= 0.6 is 11.8 Å². The summed E-state index contributed by atoms with van der Waals surface area (Å²) < 4.78 is 0.317. The second-order valence-electron chi connectivity index (χ2n) is 7.80. The smallest absolute Gasteiger partial charge is 0.0412 e. The summed E-state index contributed by atoms with van der Waals surface area (Å²) in [5.74, 6) is 1.12. The van der Waals surface area contributed by atoms with Crippen LogP contribution in [-0.2, 0) is 5.41 Å². The predicted molar refractivity (Wildman–Crippen MR) is 98.4 cm³/mol. The van der Waals surface area contributed by atoms with Crippen molar-refractivity contribution in [1.82, 2.24) is 5.32 Å². The molecule has 0 amide bonds. The number of hydrogen-bond acceptors (Lipinski definition) is 2. The summed E-state index contributed by atoms with van der Waals surface area (Å²) in [6, 6.07) is 9.63. The van der Waals surface area contributed by atoms with Gasteiger partial charge in [0.05, 0.1) is 0 Å². The summed E-state index contributed by atoms with van der Waals surface area (Å²) in [6.45, 7) is 17.0. The Morgan fingerprint density at radius 1 is 1.00 bits per heavy atom. The van der Waals surface area contributed by atoms with Crippen molar-refractivity contribution in [2.75, 3.05) is 12.3 Å². The predicted octanol–water partition coefficient (Wildman–Crippen LogP) is 5.56. The molecule has 0 aliphatic carbocycles. The molecule has 120 valence electrons. The van der Waals surface area contributed by atoms with Crippen molar-refractivity contribution in [3.05, 3.63) is 35.4 Å². The van der Waals surface area contributed by atoms with E-state index in [1.807, 2.05) is 11.8 Å². The van der Waals surface area contributed by atoms with E-state index in [-0.39, 0.29) is 5.41 Å². The van der Waals surface area contributed by atoms with Gasteiger partial charge in [0.15, 0.2) is 0 Å². The van der Waals surface area contributed by atoms with Crippen molar-refractivity contribution >= 4 is 11.8 Å². The second-order valence-corrected chi connectivity index (χ2v) is 9.65. The third kappa shape index (κ3) is 6.88. The lowest BCUT2D eigenvalue weighted by molar-refractivity contribution is 0.570. The normalized spacial score (nSPS) is 14.2. The molecule has 0 bridgehead atoms. The lowest BCUT2D eigenvalue weighted by Crippen LogP contribution is -2.26. The second kappa shape index (κ2) is 7.69. The molecule has 1 N–H and O–H groups in total. The Kier molecular flexibility index (Phi) is 6.80. The first kappa shape index (κ1) is 18.6. The van der Waals surface area contributed by atoms with Crippen LogP contribution in [-0.4, -0.2) is 17.0 Å². The van der Waals surface area contributed by atoms with Gasteiger partial charge in [-0.1, -0.05) is 72.7 Å². The molecular formula is C19H33NS. The first-order valence-electron chi connectivity index (χ1n) is 8.11. The van der Waals surface area contributed by atoms with E-state index < -0.39 is 0 Å². The monoisotopic (exact) mass is 307 g/mol. The van der Waals surface area contributed by atoms with Gasteiger partial charge >= 0.3 is 0 Å². The summed E-state index contributed by atoms with van der Waals surface area (Å²) in [6.07, 6.45) is 1.18. The largest absolute Gasteiger partial charge is 0.309 e. The zero-order chi connectivity index (χ0) is 16.1. The SMILES string of the molecule is CCCNC(CSC(C)(C)C)c1ccc(C(C)(C)C)cc1. The van der Waals surface area contributed by atoms with Gasteiger partial charge in [0.1, 0.15) is 0 Å². The first-order chi connectivity index (χ1) is 9.63. The highest BCUT2D eigenvalue weighted by Crippen LogP contribution is 2.30. The number of benzene rings is 1. The van der Waals surface area contributed by atoms with Gasteiger partial charge in [0.25, 0.3) is 0 Å². The molecule has 0 aliphatic rings. The summed E-state index contributed by atoms with van der Waals surface area (Å²) >= 11 is 2.03. The van der Waals surface area contributed by atoms with E-state index in [1.165, 1.54) is 17.5 Å². The van der Waals surface area contributed by atoms with Gasteiger partial charge in [-0.2, -0.15) is 11.8 Å². The van der Waals surface area contributed by atoms with E-state index in [4.69, 9.17) is 0 Å². The molecule has 2 heteroatoms. The van der Waals surface area contributed by atoms with E-state index in [1.54, 1.807) is 0 Å². The van der Waals surface area contributed by atoms with Crippen LogP contribution in [0.4, 0.5) is 0 Å². The zero-order valence-electron chi connectivity index (χ0n) is 14.9. The molecule has 21 heavy (non-hydrogen) atoms. The van der Waals surface area contributed by atoms with Crippen LogP contribution in [0.2, 0.25) is 0 Å². The lowest BCUT2D eigenvalue weighted by atomic mass is 9.86. The van der Waals surface area contributed by atoms with Crippen molar-refractivity contribution in [2.45, 2.75) is 71.1 Å². The van der Waals surface area contributed by atoms with Gasteiger partial charge in [0.2, 0.25) is 0 Å². The molecule has 1 unspecified atom stereocenters. The highest BCUT2D eigenvalue weighted by molar-refractivity contribution is 8.00. The summed E-state index contributed by atoms with van der Waals surface area (Å²) in [7, 11) is 0. The zero-order valence-corrected chi connectivity index (χ0v) is 15.7. The fourth-order valence-electron chi connectivity index (χ4n) is 2.14. The van der Waals surface area contributed by atoms with Gasteiger partial charge in [-0.15, -0.1) is 0 Å². The van der Waals surface area contributed by atoms with Gasteiger partial charge in [-0.3, -0.25) is 0 Å². The molecule has 0 saturated heterocycles. The van der Waals surface area contributed by atoms with Crippen LogP contribution in [0, 0.1) is 0 Å². The highest BCUT2D eigenvalue weighted by Gasteiger charge is 2.18. The molecule has 0 saturated carbocycles. The average Bonchev–Trinajstić information content (AvgIpc) is 2.37. The van der Waals surface area contributed by atoms with Gasteiger partial charge in [0, 0.05) is 16.5 Å².